The first-order chi connectivity index (χ1) is 7.11. The smallest absolute Gasteiger partial charge is 0.407 e. The van der Waals surface area contributed by atoms with Crippen LogP contribution in [0.2, 0.25) is 0 Å². The molecular weight excluding hydrogens is 198 g/mol. The van der Waals surface area contributed by atoms with E-state index in [9.17, 15) is 9.59 Å². The van der Waals surface area contributed by atoms with Gasteiger partial charge in [0.1, 0.15) is 6.04 Å². The number of carboxylic acids is 1. The average Bonchev–Trinajstić information content (AvgIpc) is 2.81. The third-order valence-electron chi connectivity index (χ3n) is 3.48. The minimum absolute atomic E-state index is 0.0744. The minimum Gasteiger partial charge on any atom is -0.480 e. The van der Waals surface area contributed by atoms with Gasteiger partial charge in [-0.1, -0.05) is 0 Å². The summed E-state index contributed by atoms with van der Waals surface area (Å²) in [7, 11) is 1.24. The summed E-state index contributed by atoms with van der Waals surface area (Å²) in [6.45, 7) is 0. The largest absolute Gasteiger partial charge is 0.480 e. The van der Waals surface area contributed by atoms with E-state index in [-0.39, 0.29) is 5.92 Å². The summed E-state index contributed by atoms with van der Waals surface area (Å²) >= 11 is 0. The number of rotatable bonds is 3. The van der Waals surface area contributed by atoms with Gasteiger partial charge in [0.25, 0.3) is 0 Å². The fourth-order valence-electron chi connectivity index (χ4n) is 2.60. The van der Waals surface area contributed by atoms with Crippen LogP contribution in [-0.4, -0.2) is 30.3 Å². The van der Waals surface area contributed by atoms with Crippen molar-refractivity contribution in [3.05, 3.63) is 0 Å². The van der Waals surface area contributed by atoms with Crippen molar-refractivity contribution in [1.29, 1.82) is 0 Å². The zero-order valence-corrected chi connectivity index (χ0v) is 8.60. The molecule has 0 aromatic heterocycles. The second-order valence-electron chi connectivity index (χ2n) is 4.44. The summed E-state index contributed by atoms with van der Waals surface area (Å²) in [6, 6.07) is -0.787. The molecule has 2 saturated carbocycles. The van der Waals surface area contributed by atoms with Crippen molar-refractivity contribution in [2.24, 2.45) is 17.8 Å². The summed E-state index contributed by atoms with van der Waals surface area (Å²) in [5.41, 5.74) is 0. The highest BCUT2D eigenvalue weighted by atomic mass is 16.5. The fraction of sp³-hybridized carbons (Fsp3) is 0.800. The second-order valence-corrected chi connectivity index (χ2v) is 4.44. The lowest BCUT2D eigenvalue weighted by Gasteiger charge is -2.21. The van der Waals surface area contributed by atoms with Crippen LogP contribution in [0.1, 0.15) is 19.3 Å². The van der Waals surface area contributed by atoms with Gasteiger partial charge < -0.3 is 15.2 Å². The topological polar surface area (TPSA) is 75.6 Å². The maximum absolute atomic E-state index is 11.0. The van der Waals surface area contributed by atoms with E-state index in [0.29, 0.717) is 11.8 Å². The zero-order chi connectivity index (χ0) is 11.0. The summed E-state index contributed by atoms with van der Waals surface area (Å²) in [5.74, 6) is 0.518. The van der Waals surface area contributed by atoms with Crippen molar-refractivity contribution >= 4 is 12.1 Å². The highest BCUT2D eigenvalue weighted by molar-refractivity contribution is 5.80. The molecule has 2 aliphatic rings. The normalized spacial score (nSPS) is 34.1. The van der Waals surface area contributed by atoms with Crippen LogP contribution in [0.3, 0.4) is 0 Å². The molecule has 0 radical (unpaired) electrons. The molecule has 0 spiro atoms. The van der Waals surface area contributed by atoms with Crippen molar-refractivity contribution in [2.75, 3.05) is 7.11 Å². The van der Waals surface area contributed by atoms with E-state index in [4.69, 9.17) is 5.11 Å². The van der Waals surface area contributed by atoms with Crippen molar-refractivity contribution < 1.29 is 19.4 Å². The SMILES string of the molecule is COC(=O)NC(C(=O)O)C1CC2C[C@@H]2C1. The van der Waals surface area contributed by atoms with E-state index in [1.807, 2.05) is 0 Å². The van der Waals surface area contributed by atoms with Gasteiger partial charge in [-0.05, 0) is 37.0 Å². The Kier molecular flexibility index (Phi) is 2.54. The first-order valence-electron chi connectivity index (χ1n) is 5.19. The quantitative estimate of drug-likeness (QED) is 0.728. The molecule has 0 bridgehead atoms. The molecule has 5 heteroatoms. The predicted octanol–water partition coefficient (Wildman–Crippen LogP) is 0.842. The van der Waals surface area contributed by atoms with Crippen LogP contribution < -0.4 is 5.32 Å². The Morgan fingerprint density at radius 2 is 1.93 bits per heavy atom. The molecule has 3 unspecified atom stereocenters. The van der Waals surface area contributed by atoms with Gasteiger partial charge in [0.2, 0.25) is 0 Å². The lowest BCUT2D eigenvalue weighted by atomic mass is 9.94. The van der Waals surface area contributed by atoms with Gasteiger partial charge in [0, 0.05) is 0 Å². The summed E-state index contributed by atoms with van der Waals surface area (Å²) in [4.78, 5) is 22.0. The Morgan fingerprint density at radius 1 is 1.33 bits per heavy atom. The van der Waals surface area contributed by atoms with Crippen molar-refractivity contribution in [3.63, 3.8) is 0 Å². The number of carbonyl (C=O) groups excluding carboxylic acids is 1. The van der Waals surface area contributed by atoms with Gasteiger partial charge in [-0.25, -0.2) is 9.59 Å². The average molecular weight is 213 g/mol. The number of ether oxygens (including phenoxy) is 1. The lowest BCUT2D eigenvalue weighted by Crippen LogP contribution is -2.45. The molecule has 84 valence electrons. The van der Waals surface area contributed by atoms with Crippen molar-refractivity contribution in [1.82, 2.24) is 5.32 Å². The van der Waals surface area contributed by atoms with Crippen LogP contribution in [-0.2, 0) is 9.53 Å². The predicted molar refractivity (Wildman–Crippen MR) is 51.3 cm³/mol. The van der Waals surface area contributed by atoms with E-state index < -0.39 is 18.1 Å². The van der Waals surface area contributed by atoms with E-state index in [1.165, 1.54) is 13.5 Å². The summed E-state index contributed by atoms with van der Waals surface area (Å²) in [6.07, 6.45) is 2.42. The van der Waals surface area contributed by atoms with Gasteiger partial charge in [0.05, 0.1) is 7.11 Å². The molecule has 4 atom stereocenters. The number of alkyl carbamates (subject to hydrolysis) is 1. The Balaban J connectivity index is 1.93. The van der Waals surface area contributed by atoms with Gasteiger partial charge >= 0.3 is 12.1 Å². The second kappa shape index (κ2) is 3.72. The number of aliphatic carboxylic acids is 1. The van der Waals surface area contributed by atoms with Gasteiger partial charge in [-0.3, -0.25) is 0 Å². The van der Waals surface area contributed by atoms with Crippen LogP contribution in [0, 0.1) is 17.8 Å². The third-order valence-corrected chi connectivity index (χ3v) is 3.48. The molecule has 0 aromatic carbocycles. The maximum atomic E-state index is 11.0. The first kappa shape index (κ1) is 10.3. The van der Waals surface area contributed by atoms with Crippen molar-refractivity contribution in [3.8, 4) is 0 Å². The molecule has 5 nitrogen and oxygen atoms in total. The lowest BCUT2D eigenvalue weighted by molar-refractivity contribution is -0.140. The minimum atomic E-state index is -0.966. The number of carbonyl (C=O) groups is 2. The Morgan fingerprint density at radius 3 is 2.40 bits per heavy atom. The number of carboxylic acid groups (broad SMARTS) is 1. The van der Waals surface area contributed by atoms with Crippen LogP contribution in [0.25, 0.3) is 0 Å². The molecule has 0 aromatic rings. The maximum Gasteiger partial charge on any atom is 0.407 e. The molecule has 1 amide bonds. The number of hydrogen-bond donors (Lipinski definition) is 2. The fourth-order valence-corrected chi connectivity index (χ4v) is 2.60. The Bertz CT molecular complexity index is 281. The van der Waals surface area contributed by atoms with Crippen LogP contribution in [0.4, 0.5) is 4.79 Å². The molecule has 2 aliphatic carbocycles. The van der Waals surface area contributed by atoms with E-state index in [2.05, 4.69) is 10.1 Å². The van der Waals surface area contributed by atoms with Crippen LogP contribution in [0.15, 0.2) is 0 Å². The number of amides is 1. The molecule has 0 heterocycles. The number of methoxy groups -OCH3 is 1. The molecule has 2 rings (SSSR count). The first-order valence-corrected chi connectivity index (χ1v) is 5.19. The van der Waals surface area contributed by atoms with E-state index >= 15 is 0 Å². The van der Waals surface area contributed by atoms with Gasteiger partial charge in [-0.2, -0.15) is 0 Å². The molecule has 15 heavy (non-hydrogen) atoms. The molecule has 0 saturated heterocycles. The molecular formula is C10H15NO4. The highest BCUT2D eigenvalue weighted by Gasteiger charge is 2.49. The molecule has 2 N–H and O–H groups in total. The Hall–Kier alpha value is -1.26. The van der Waals surface area contributed by atoms with Crippen LogP contribution >= 0.6 is 0 Å². The molecule has 2 fully saturated rings. The number of nitrogens with one attached hydrogen (secondary N) is 1. The zero-order valence-electron chi connectivity index (χ0n) is 8.60. The van der Waals surface area contributed by atoms with Crippen molar-refractivity contribution in [2.45, 2.75) is 25.3 Å². The van der Waals surface area contributed by atoms with Crippen LogP contribution in [0.5, 0.6) is 0 Å². The monoisotopic (exact) mass is 213 g/mol. The Labute approximate surface area is 87.8 Å². The van der Waals surface area contributed by atoms with E-state index in [0.717, 1.165) is 12.8 Å². The number of hydrogen-bond acceptors (Lipinski definition) is 3. The highest BCUT2D eigenvalue weighted by Crippen LogP contribution is 2.55. The number of fused-ring (bicyclic) bond motifs is 1. The summed E-state index contributed by atoms with van der Waals surface area (Å²) in [5, 5.41) is 11.4. The van der Waals surface area contributed by atoms with Gasteiger partial charge in [0.15, 0.2) is 0 Å². The van der Waals surface area contributed by atoms with E-state index in [1.54, 1.807) is 0 Å². The third kappa shape index (κ3) is 2.06. The molecule has 0 aliphatic heterocycles. The van der Waals surface area contributed by atoms with Gasteiger partial charge in [-0.15, -0.1) is 0 Å². The standard InChI is InChI=1S/C10H15NO4/c1-15-10(14)11-8(9(12)13)7-3-5-2-6(5)4-7/h5-8H,2-4H2,1H3,(H,11,14)(H,12,13)/t5-,6?,7?,8?/m1/s1. The summed E-state index contributed by atoms with van der Waals surface area (Å²) < 4.78 is 4.42.